The number of amides is 1. The number of hydrogen-bond donors (Lipinski definition) is 2. The number of benzene rings is 1. The molecule has 0 radical (unpaired) electrons. The van der Waals surface area contributed by atoms with Crippen LogP contribution in [0.5, 0.6) is 0 Å². The van der Waals surface area contributed by atoms with Gasteiger partial charge in [-0.1, -0.05) is 18.2 Å². The summed E-state index contributed by atoms with van der Waals surface area (Å²) in [4.78, 5) is 12.2. The summed E-state index contributed by atoms with van der Waals surface area (Å²) in [6, 6.07) is 6.67. The van der Waals surface area contributed by atoms with E-state index in [9.17, 15) is 26.4 Å². The van der Waals surface area contributed by atoms with Crippen LogP contribution in [0, 0.1) is 0 Å². The fourth-order valence-electron chi connectivity index (χ4n) is 2.63. The van der Waals surface area contributed by atoms with Crippen molar-refractivity contribution in [3.63, 3.8) is 0 Å². The van der Waals surface area contributed by atoms with Gasteiger partial charge in [-0.25, -0.2) is 8.42 Å². The van der Waals surface area contributed by atoms with E-state index in [1.165, 1.54) is 12.1 Å². The molecule has 1 aromatic rings. The minimum Gasteiger partial charge on any atom is -0.384 e. The number of carbonyl (C=O) groups is 1. The molecule has 2 atom stereocenters. The number of halogens is 3. The highest BCUT2D eigenvalue weighted by atomic mass is 32.2. The second kappa shape index (κ2) is 7.71. The molecule has 1 saturated heterocycles. The molecule has 1 aromatic carbocycles. The topological polar surface area (TPSA) is 86.7 Å². The summed E-state index contributed by atoms with van der Waals surface area (Å²) in [5, 5.41) is 11.2. The second-order valence-electron chi connectivity index (χ2n) is 5.72. The zero-order valence-corrected chi connectivity index (χ0v) is 14.1. The van der Waals surface area contributed by atoms with Crippen molar-refractivity contribution in [3.8, 4) is 0 Å². The van der Waals surface area contributed by atoms with Gasteiger partial charge in [-0.15, -0.1) is 0 Å². The Bertz CT molecular complexity index is 694. The summed E-state index contributed by atoms with van der Waals surface area (Å²) >= 11 is 0. The molecule has 0 unspecified atom stereocenters. The molecule has 1 aliphatic rings. The van der Waals surface area contributed by atoms with Gasteiger partial charge in [-0.3, -0.25) is 4.79 Å². The Balaban J connectivity index is 2.00. The quantitative estimate of drug-likeness (QED) is 0.778. The molecule has 0 aromatic heterocycles. The second-order valence-corrected chi connectivity index (χ2v) is 7.61. The lowest BCUT2D eigenvalue weighted by molar-refractivity contribution is -0.205. The number of aliphatic hydroxyl groups excluding tert-OH is 1. The van der Waals surface area contributed by atoms with E-state index in [2.05, 4.69) is 5.32 Å². The first-order valence-electron chi connectivity index (χ1n) is 7.73. The van der Waals surface area contributed by atoms with Crippen LogP contribution in [-0.4, -0.2) is 55.1 Å². The highest BCUT2D eigenvalue weighted by molar-refractivity contribution is 7.89. The smallest absolute Gasteiger partial charge is 0.384 e. The van der Waals surface area contributed by atoms with E-state index in [4.69, 9.17) is 5.11 Å². The zero-order chi connectivity index (χ0) is 18.7. The summed E-state index contributed by atoms with van der Waals surface area (Å²) in [5.74, 6) is -0.661. The van der Waals surface area contributed by atoms with Crippen molar-refractivity contribution >= 4 is 15.9 Å². The van der Waals surface area contributed by atoms with E-state index < -0.39 is 47.2 Å². The molecule has 25 heavy (non-hydrogen) atoms. The van der Waals surface area contributed by atoms with Crippen LogP contribution >= 0.6 is 0 Å². The Morgan fingerprint density at radius 2 is 1.96 bits per heavy atom. The molecule has 1 amide bonds. The summed E-state index contributed by atoms with van der Waals surface area (Å²) < 4.78 is 63.0. The van der Waals surface area contributed by atoms with Gasteiger partial charge in [0.2, 0.25) is 15.9 Å². The van der Waals surface area contributed by atoms with Crippen LogP contribution < -0.4 is 5.32 Å². The molecule has 10 heteroatoms. The summed E-state index contributed by atoms with van der Waals surface area (Å²) in [6.45, 7) is -0.226. The monoisotopic (exact) mass is 380 g/mol. The third-order valence-corrected chi connectivity index (χ3v) is 5.87. The Labute approximate surface area is 143 Å². The molecule has 1 aliphatic heterocycles. The van der Waals surface area contributed by atoms with Gasteiger partial charge in [-0.2, -0.15) is 17.5 Å². The van der Waals surface area contributed by atoms with Gasteiger partial charge in [-0.05, 0) is 31.4 Å². The van der Waals surface area contributed by atoms with Crippen molar-refractivity contribution in [1.29, 1.82) is 0 Å². The van der Waals surface area contributed by atoms with E-state index >= 15 is 0 Å². The molecule has 2 rings (SSSR count). The van der Waals surface area contributed by atoms with E-state index in [1.807, 2.05) is 0 Å². The molecule has 0 saturated carbocycles. The number of nitrogens with zero attached hydrogens (tertiary/aromatic N) is 1. The Kier molecular flexibility index (Phi) is 6.07. The van der Waals surface area contributed by atoms with Crippen LogP contribution in [0.3, 0.4) is 0 Å². The van der Waals surface area contributed by atoms with Gasteiger partial charge in [0.15, 0.2) is 6.10 Å². The summed E-state index contributed by atoms with van der Waals surface area (Å²) in [6.07, 6.45) is -7.19. The SMILES string of the molecule is O=C(NCC[C@@H](O)C(F)(F)F)[C@@H]1CCCN1S(=O)(=O)c1ccccc1. The molecule has 0 bridgehead atoms. The van der Waals surface area contributed by atoms with Crippen LogP contribution in [-0.2, 0) is 14.8 Å². The number of sulfonamides is 1. The van der Waals surface area contributed by atoms with E-state index in [0.717, 1.165) is 4.31 Å². The first-order chi connectivity index (χ1) is 11.6. The molecular weight excluding hydrogens is 361 g/mol. The Morgan fingerprint density at radius 3 is 2.56 bits per heavy atom. The molecular formula is C15H19F3N2O4S. The van der Waals surface area contributed by atoms with Crippen molar-refractivity contribution in [2.45, 2.75) is 42.5 Å². The lowest BCUT2D eigenvalue weighted by Crippen LogP contribution is -2.46. The Hall–Kier alpha value is -1.65. The number of alkyl halides is 3. The minimum atomic E-state index is -4.75. The largest absolute Gasteiger partial charge is 0.414 e. The van der Waals surface area contributed by atoms with Crippen LogP contribution in [0.15, 0.2) is 35.2 Å². The van der Waals surface area contributed by atoms with Crippen molar-refractivity contribution < 1.29 is 31.5 Å². The van der Waals surface area contributed by atoms with Crippen molar-refractivity contribution in [3.05, 3.63) is 30.3 Å². The standard InChI is InChI=1S/C15H19F3N2O4S/c16-15(17,18)13(21)8-9-19-14(22)12-7-4-10-20(12)25(23,24)11-5-2-1-3-6-11/h1-3,5-6,12-13,21H,4,7-10H2,(H,19,22)/t12-,13+/m0/s1. The molecule has 6 nitrogen and oxygen atoms in total. The van der Waals surface area contributed by atoms with Crippen LogP contribution in [0.2, 0.25) is 0 Å². The highest BCUT2D eigenvalue weighted by Gasteiger charge is 2.40. The fraction of sp³-hybridized carbons (Fsp3) is 0.533. The average molecular weight is 380 g/mol. The van der Waals surface area contributed by atoms with E-state index in [-0.39, 0.29) is 11.4 Å². The third kappa shape index (κ3) is 4.71. The van der Waals surface area contributed by atoms with Crippen molar-refractivity contribution in [1.82, 2.24) is 9.62 Å². The maximum absolute atomic E-state index is 12.6. The molecule has 140 valence electrons. The molecule has 2 N–H and O–H groups in total. The molecule has 1 fully saturated rings. The number of hydrogen-bond acceptors (Lipinski definition) is 4. The predicted octanol–water partition coefficient (Wildman–Crippen LogP) is 1.27. The minimum absolute atomic E-state index is 0.0576. The van der Waals surface area contributed by atoms with Gasteiger partial charge in [0.1, 0.15) is 6.04 Å². The molecule has 0 spiro atoms. The van der Waals surface area contributed by atoms with Crippen molar-refractivity contribution in [2.24, 2.45) is 0 Å². The van der Waals surface area contributed by atoms with Gasteiger partial charge < -0.3 is 10.4 Å². The molecule has 1 heterocycles. The first kappa shape index (κ1) is 19.7. The van der Waals surface area contributed by atoms with Crippen molar-refractivity contribution in [2.75, 3.05) is 13.1 Å². The van der Waals surface area contributed by atoms with Gasteiger partial charge >= 0.3 is 6.18 Å². The highest BCUT2D eigenvalue weighted by Crippen LogP contribution is 2.26. The third-order valence-electron chi connectivity index (χ3n) is 3.95. The van der Waals surface area contributed by atoms with E-state index in [0.29, 0.717) is 12.8 Å². The van der Waals surface area contributed by atoms with Crippen LogP contribution in [0.1, 0.15) is 19.3 Å². The summed E-state index contributed by atoms with van der Waals surface area (Å²) in [5.41, 5.74) is 0. The number of nitrogens with one attached hydrogen (secondary N) is 1. The maximum Gasteiger partial charge on any atom is 0.414 e. The zero-order valence-electron chi connectivity index (χ0n) is 13.2. The van der Waals surface area contributed by atoms with Gasteiger partial charge in [0.25, 0.3) is 0 Å². The normalized spacial score (nSPS) is 20.4. The maximum atomic E-state index is 12.6. The first-order valence-corrected chi connectivity index (χ1v) is 9.17. The number of carbonyl (C=O) groups excluding carboxylic acids is 1. The lowest BCUT2D eigenvalue weighted by atomic mass is 10.2. The van der Waals surface area contributed by atoms with Crippen LogP contribution in [0.25, 0.3) is 0 Å². The van der Waals surface area contributed by atoms with E-state index in [1.54, 1.807) is 18.2 Å². The summed E-state index contributed by atoms with van der Waals surface area (Å²) in [7, 11) is -3.85. The average Bonchev–Trinajstić information content (AvgIpc) is 3.05. The lowest BCUT2D eigenvalue weighted by Gasteiger charge is -2.23. The fourth-order valence-corrected chi connectivity index (χ4v) is 4.31. The Morgan fingerprint density at radius 1 is 1.32 bits per heavy atom. The van der Waals surface area contributed by atoms with Crippen LogP contribution in [0.4, 0.5) is 13.2 Å². The van der Waals surface area contributed by atoms with Gasteiger partial charge in [0.05, 0.1) is 4.90 Å². The number of aliphatic hydroxyl groups is 1. The molecule has 0 aliphatic carbocycles. The number of rotatable bonds is 6. The van der Waals surface area contributed by atoms with Gasteiger partial charge in [0, 0.05) is 13.1 Å². The predicted molar refractivity (Wildman–Crippen MR) is 83.0 cm³/mol.